The van der Waals surface area contributed by atoms with Gasteiger partial charge >= 0.3 is 0 Å². The third-order valence-corrected chi connectivity index (χ3v) is 3.89. The van der Waals surface area contributed by atoms with Crippen molar-refractivity contribution < 1.29 is 12.8 Å². The summed E-state index contributed by atoms with van der Waals surface area (Å²) in [5.74, 6) is -0.929. The van der Waals surface area contributed by atoms with E-state index in [1.807, 2.05) is 0 Å². The number of hydrogen-bond acceptors (Lipinski definition) is 5. The second kappa shape index (κ2) is 5.22. The summed E-state index contributed by atoms with van der Waals surface area (Å²) < 4.78 is 39.5. The Balaban J connectivity index is 2.43. The summed E-state index contributed by atoms with van der Waals surface area (Å²) >= 11 is 5.71. The minimum Gasteiger partial charge on any atom is -0.398 e. The first-order valence-electron chi connectivity index (χ1n) is 5.37. The summed E-state index contributed by atoms with van der Waals surface area (Å²) in [7, 11) is -4.10. The SMILES string of the molecule is Cc1cc(Cl)nc(NS(=O)(=O)c2cc(F)ccc2N)n1. The Morgan fingerprint density at radius 2 is 2.00 bits per heavy atom. The number of halogens is 2. The van der Waals surface area contributed by atoms with E-state index in [4.69, 9.17) is 17.3 Å². The summed E-state index contributed by atoms with van der Waals surface area (Å²) in [4.78, 5) is 7.21. The normalized spacial score (nSPS) is 11.3. The van der Waals surface area contributed by atoms with Gasteiger partial charge in [-0.05, 0) is 31.2 Å². The molecule has 1 aromatic heterocycles. The molecule has 2 aromatic rings. The smallest absolute Gasteiger partial charge is 0.266 e. The summed E-state index contributed by atoms with van der Waals surface area (Å²) in [6, 6.07) is 4.51. The van der Waals surface area contributed by atoms with Gasteiger partial charge in [-0.3, -0.25) is 0 Å². The van der Waals surface area contributed by atoms with Crippen LogP contribution in [0.1, 0.15) is 5.69 Å². The molecule has 1 aromatic carbocycles. The molecule has 0 saturated heterocycles. The second-order valence-electron chi connectivity index (χ2n) is 3.94. The topological polar surface area (TPSA) is 98.0 Å². The van der Waals surface area contributed by atoms with E-state index in [2.05, 4.69) is 14.7 Å². The van der Waals surface area contributed by atoms with Crippen LogP contribution in [0.3, 0.4) is 0 Å². The fraction of sp³-hybridized carbons (Fsp3) is 0.0909. The number of rotatable bonds is 3. The Bertz CT molecular complexity index is 747. The molecule has 0 atom stereocenters. The lowest BCUT2D eigenvalue weighted by Gasteiger charge is -2.09. The molecule has 0 aliphatic heterocycles. The van der Waals surface area contributed by atoms with Crippen molar-refractivity contribution in [1.29, 1.82) is 0 Å². The number of nitrogen functional groups attached to an aromatic ring is 1. The van der Waals surface area contributed by atoms with Gasteiger partial charge in [0.15, 0.2) is 0 Å². The monoisotopic (exact) mass is 316 g/mol. The third kappa shape index (κ3) is 3.14. The standard InChI is InChI=1S/C11H10ClFN4O2S/c1-6-4-10(12)16-11(15-6)17-20(18,19)9-5-7(13)2-3-8(9)14/h2-5H,14H2,1H3,(H,15,16,17). The number of benzene rings is 1. The van der Waals surface area contributed by atoms with Gasteiger partial charge in [0.25, 0.3) is 10.0 Å². The number of nitrogens with two attached hydrogens (primary N) is 1. The van der Waals surface area contributed by atoms with Crippen LogP contribution in [0.15, 0.2) is 29.2 Å². The number of anilines is 2. The van der Waals surface area contributed by atoms with Crippen molar-refractivity contribution >= 4 is 33.3 Å². The van der Waals surface area contributed by atoms with E-state index in [1.54, 1.807) is 6.92 Å². The average Bonchev–Trinajstić information content (AvgIpc) is 2.30. The molecule has 0 aliphatic carbocycles. The van der Waals surface area contributed by atoms with E-state index in [9.17, 15) is 12.8 Å². The van der Waals surface area contributed by atoms with Crippen molar-refractivity contribution in [2.75, 3.05) is 10.5 Å². The number of sulfonamides is 1. The predicted octanol–water partition coefficient (Wildman–Crippen LogP) is 1.96. The number of aryl methyl sites for hydroxylation is 1. The van der Waals surface area contributed by atoms with Crippen LogP contribution < -0.4 is 10.5 Å². The van der Waals surface area contributed by atoms with Gasteiger partial charge in [0, 0.05) is 5.69 Å². The highest BCUT2D eigenvalue weighted by Crippen LogP contribution is 2.21. The molecule has 6 nitrogen and oxygen atoms in total. The number of nitrogens with zero attached hydrogens (tertiary/aromatic N) is 2. The van der Waals surface area contributed by atoms with Gasteiger partial charge in [0.2, 0.25) is 5.95 Å². The Kier molecular flexibility index (Phi) is 3.78. The lowest BCUT2D eigenvalue weighted by molar-refractivity contribution is 0.595. The van der Waals surface area contributed by atoms with Gasteiger partial charge in [0.05, 0.1) is 5.69 Å². The molecule has 106 valence electrons. The lowest BCUT2D eigenvalue weighted by Crippen LogP contribution is -2.17. The maximum Gasteiger partial charge on any atom is 0.266 e. The Hall–Kier alpha value is -1.93. The molecule has 20 heavy (non-hydrogen) atoms. The molecule has 3 N–H and O–H groups in total. The van der Waals surface area contributed by atoms with Crippen molar-refractivity contribution in [3.05, 3.63) is 40.9 Å². The molecule has 0 saturated carbocycles. The summed E-state index contributed by atoms with van der Waals surface area (Å²) in [5.41, 5.74) is 5.93. The molecule has 0 fully saturated rings. The largest absolute Gasteiger partial charge is 0.398 e. The van der Waals surface area contributed by atoms with Crippen molar-refractivity contribution in [3.8, 4) is 0 Å². The lowest BCUT2D eigenvalue weighted by atomic mass is 10.3. The highest BCUT2D eigenvalue weighted by Gasteiger charge is 2.20. The first-order valence-corrected chi connectivity index (χ1v) is 7.23. The molecule has 0 bridgehead atoms. The third-order valence-electron chi connectivity index (χ3n) is 2.31. The predicted molar refractivity (Wildman–Crippen MR) is 73.4 cm³/mol. The molecule has 0 spiro atoms. The zero-order valence-electron chi connectivity index (χ0n) is 10.3. The quantitative estimate of drug-likeness (QED) is 0.666. The fourth-order valence-electron chi connectivity index (χ4n) is 1.49. The van der Waals surface area contributed by atoms with Crippen molar-refractivity contribution in [2.24, 2.45) is 0 Å². The van der Waals surface area contributed by atoms with Crippen molar-refractivity contribution in [2.45, 2.75) is 11.8 Å². The van der Waals surface area contributed by atoms with Crippen LogP contribution in [0.2, 0.25) is 5.15 Å². The Morgan fingerprint density at radius 1 is 1.30 bits per heavy atom. The molecule has 0 aliphatic rings. The van der Waals surface area contributed by atoms with Crippen molar-refractivity contribution in [3.63, 3.8) is 0 Å². The Morgan fingerprint density at radius 3 is 2.65 bits per heavy atom. The van der Waals surface area contributed by atoms with Gasteiger partial charge in [0.1, 0.15) is 15.9 Å². The summed E-state index contributed by atoms with van der Waals surface area (Å²) in [6.07, 6.45) is 0. The van der Waals surface area contributed by atoms with E-state index < -0.39 is 20.7 Å². The number of aromatic nitrogens is 2. The summed E-state index contributed by atoms with van der Waals surface area (Å²) in [6.45, 7) is 1.63. The first kappa shape index (κ1) is 14.5. The molecule has 9 heteroatoms. The van der Waals surface area contributed by atoms with Crippen LogP contribution in [0, 0.1) is 12.7 Å². The summed E-state index contributed by atoms with van der Waals surface area (Å²) in [5, 5.41) is 0.0856. The van der Waals surface area contributed by atoms with Gasteiger partial charge in [-0.15, -0.1) is 0 Å². The minimum atomic E-state index is -4.10. The van der Waals surface area contributed by atoms with E-state index in [-0.39, 0.29) is 16.8 Å². The van der Waals surface area contributed by atoms with E-state index in [0.717, 1.165) is 18.2 Å². The average molecular weight is 317 g/mol. The number of nitrogens with one attached hydrogen (secondary N) is 1. The van der Waals surface area contributed by atoms with Crippen LogP contribution in [0.4, 0.5) is 16.0 Å². The molecule has 0 unspecified atom stereocenters. The van der Waals surface area contributed by atoms with Crippen LogP contribution in [-0.4, -0.2) is 18.4 Å². The van der Waals surface area contributed by atoms with Crippen molar-refractivity contribution in [1.82, 2.24) is 9.97 Å². The highest BCUT2D eigenvalue weighted by molar-refractivity contribution is 7.92. The van der Waals surface area contributed by atoms with Gasteiger partial charge in [-0.2, -0.15) is 0 Å². The van der Waals surface area contributed by atoms with E-state index in [0.29, 0.717) is 5.69 Å². The van der Waals surface area contributed by atoms with Crippen LogP contribution >= 0.6 is 11.6 Å². The van der Waals surface area contributed by atoms with Gasteiger partial charge in [-0.25, -0.2) is 27.5 Å². The molecule has 0 amide bonds. The zero-order valence-corrected chi connectivity index (χ0v) is 11.8. The fourth-order valence-corrected chi connectivity index (χ4v) is 2.82. The van der Waals surface area contributed by atoms with Gasteiger partial charge < -0.3 is 5.73 Å². The highest BCUT2D eigenvalue weighted by atomic mass is 35.5. The minimum absolute atomic E-state index is 0.0855. The molecule has 1 heterocycles. The van der Waals surface area contributed by atoms with E-state index >= 15 is 0 Å². The van der Waals surface area contributed by atoms with Crippen LogP contribution in [-0.2, 0) is 10.0 Å². The second-order valence-corrected chi connectivity index (χ2v) is 5.98. The Labute approximate surface area is 119 Å². The molecular weight excluding hydrogens is 307 g/mol. The first-order chi connectivity index (χ1) is 9.28. The van der Waals surface area contributed by atoms with Crippen LogP contribution in [0.5, 0.6) is 0 Å². The van der Waals surface area contributed by atoms with E-state index in [1.165, 1.54) is 6.07 Å². The van der Waals surface area contributed by atoms with Gasteiger partial charge in [-0.1, -0.05) is 11.6 Å². The zero-order chi connectivity index (χ0) is 14.9. The van der Waals surface area contributed by atoms with Crippen LogP contribution in [0.25, 0.3) is 0 Å². The molecular formula is C11H10ClFN4O2S. The molecule has 0 radical (unpaired) electrons. The molecule has 2 rings (SSSR count). The number of hydrogen-bond donors (Lipinski definition) is 2. The maximum absolute atomic E-state index is 13.1. The maximum atomic E-state index is 13.1.